The summed E-state index contributed by atoms with van der Waals surface area (Å²) in [6.45, 7) is 5.76. The number of fused-ring (bicyclic) bond motifs is 3. The zero-order valence-electron chi connectivity index (χ0n) is 26.0. The maximum absolute atomic E-state index is 14.7. The van der Waals surface area contributed by atoms with E-state index in [1.54, 1.807) is 18.3 Å². The first-order chi connectivity index (χ1) is 21.7. The van der Waals surface area contributed by atoms with Crippen LogP contribution >= 0.6 is 11.6 Å². The number of aromatic nitrogens is 1. The molecule has 45 heavy (non-hydrogen) atoms. The third-order valence-corrected chi connectivity index (χ3v) is 9.91. The molecule has 1 aromatic heterocycles. The second-order valence-electron chi connectivity index (χ2n) is 13.1. The highest BCUT2D eigenvalue weighted by atomic mass is 35.5. The molecule has 0 amide bonds. The van der Waals surface area contributed by atoms with Gasteiger partial charge in [-0.05, 0) is 117 Å². The van der Waals surface area contributed by atoms with Crippen molar-refractivity contribution in [3.63, 3.8) is 0 Å². The van der Waals surface area contributed by atoms with Gasteiger partial charge in [0.1, 0.15) is 30.7 Å². The Morgan fingerprint density at radius 1 is 1.13 bits per heavy atom. The lowest BCUT2D eigenvalue weighted by Gasteiger charge is -2.33. The summed E-state index contributed by atoms with van der Waals surface area (Å²) in [6, 6.07) is 13.2. The molecule has 2 aliphatic carbocycles. The van der Waals surface area contributed by atoms with Gasteiger partial charge in [-0.15, -0.1) is 0 Å². The average molecular weight is 637 g/mol. The van der Waals surface area contributed by atoms with Crippen LogP contribution in [0.3, 0.4) is 0 Å². The van der Waals surface area contributed by atoms with Crippen molar-refractivity contribution >= 4 is 23.3 Å². The number of pyridine rings is 1. The van der Waals surface area contributed by atoms with E-state index in [1.807, 2.05) is 24.3 Å². The Morgan fingerprint density at radius 3 is 2.67 bits per heavy atom. The van der Waals surface area contributed by atoms with Gasteiger partial charge in [-0.2, -0.15) is 0 Å². The van der Waals surface area contributed by atoms with Crippen molar-refractivity contribution in [2.45, 2.75) is 82.8 Å². The lowest BCUT2D eigenvalue weighted by molar-refractivity contribution is -0.143. The van der Waals surface area contributed by atoms with Crippen molar-refractivity contribution in [1.29, 1.82) is 0 Å². The molecular formula is C36H42ClFN2O5. The van der Waals surface area contributed by atoms with Crippen molar-refractivity contribution in [3.8, 4) is 17.2 Å². The number of hydrogen-bond donors (Lipinski definition) is 2. The maximum Gasteiger partial charge on any atom is 0.329 e. The molecule has 0 saturated heterocycles. The SMILES string of the molecule is C[C@@H](COc1ccnc2c1[C@H](C)CC[C@H]2F)C[C@@H]1CC[C@@](Nc2cccc(Cl)c2)(C(=O)O)CCc2cc3c(cc2C1)OCCO3. The van der Waals surface area contributed by atoms with Crippen LogP contribution in [0.15, 0.2) is 48.7 Å². The molecule has 2 N–H and O–H groups in total. The predicted molar refractivity (Wildman–Crippen MR) is 173 cm³/mol. The topological polar surface area (TPSA) is 89.9 Å². The van der Waals surface area contributed by atoms with Gasteiger partial charge < -0.3 is 24.6 Å². The number of rotatable bonds is 8. The van der Waals surface area contributed by atoms with E-state index in [-0.39, 0.29) is 17.8 Å². The van der Waals surface area contributed by atoms with E-state index in [0.717, 1.165) is 41.9 Å². The molecule has 7 nitrogen and oxygen atoms in total. The third kappa shape index (κ3) is 7.01. The Labute approximate surface area is 269 Å². The summed E-state index contributed by atoms with van der Waals surface area (Å²) in [5.41, 5.74) is 3.19. The Morgan fingerprint density at radius 2 is 1.91 bits per heavy atom. The zero-order chi connectivity index (χ0) is 31.6. The molecule has 3 aliphatic rings. The van der Waals surface area contributed by atoms with Crippen LogP contribution in [0.4, 0.5) is 10.1 Å². The van der Waals surface area contributed by atoms with Crippen LogP contribution in [-0.4, -0.2) is 41.4 Å². The summed E-state index contributed by atoms with van der Waals surface area (Å²) >= 11 is 6.27. The number of carbonyl (C=O) groups is 1. The molecular weight excluding hydrogens is 595 g/mol. The van der Waals surface area contributed by atoms with Crippen LogP contribution in [0, 0.1) is 11.8 Å². The molecule has 5 atom stereocenters. The molecule has 3 aromatic rings. The number of nitrogens with one attached hydrogen (secondary N) is 1. The van der Waals surface area contributed by atoms with Gasteiger partial charge in [0.25, 0.3) is 0 Å². The van der Waals surface area contributed by atoms with Crippen LogP contribution in [0.1, 0.15) is 86.8 Å². The monoisotopic (exact) mass is 636 g/mol. The molecule has 9 heteroatoms. The van der Waals surface area contributed by atoms with Crippen LogP contribution < -0.4 is 19.5 Å². The van der Waals surface area contributed by atoms with E-state index in [9.17, 15) is 14.3 Å². The van der Waals surface area contributed by atoms with Gasteiger partial charge >= 0.3 is 5.97 Å². The number of benzene rings is 2. The highest BCUT2D eigenvalue weighted by Crippen LogP contribution is 2.43. The lowest BCUT2D eigenvalue weighted by atomic mass is 9.82. The standard InChI is InChI=1S/C36H42ClFN2O5/c1-22(21-45-30-10-13-39-34-29(38)7-6-23(2)33(30)34)16-24-8-11-36(35(41)42,40-28-5-3-4-27(37)20-28)12-9-25-18-31-32(19-26(25)17-24)44-15-14-43-31/h3-5,10,13,18-20,22-24,29,40H,6-9,11-12,14-17,21H2,1-2H3,(H,41,42)/t22-,23-,24+,29-,36+/m1/s1. The molecule has 1 aliphatic heterocycles. The highest BCUT2D eigenvalue weighted by Gasteiger charge is 2.40. The second-order valence-corrected chi connectivity index (χ2v) is 13.5. The van der Waals surface area contributed by atoms with Crippen LogP contribution in [-0.2, 0) is 17.6 Å². The third-order valence-electron chi connectivity index (χ3n) is 9.67. The van der Waals surface area contributed by atoms with Gasteiger partial charge in [-0.25, -0.2) is 9.18 Å². The van der Waals surface area contributed by atoms with Crippen LogP contribution in [0.2, 0.25) is 5.02 Å². The average Bonchev–Trinajstić information content (AvgIpc) is 3.09. The molecule has 0 radical (unpaired) electrons. The highest BCUT2D eigenvalue weighted by molar-refractivity contribution is 6.30. The largest absolute Gasteiger partial charge is 0.493 e. The van der Waals surface area contributed by atoms with Gasteiger partial charge in [0.2, 0.25) is 0 Å². The number of hydrogen-bond acceptors (Lipinski definition) is 6. The first-order valence-electron chi connectivity index (χ1n) is 16.1. The van der Waals surface area contributed by atoms with E-state index in [1.165, 1.54) is 5.56 Å². The number of aryl methyl sites for hydroxylation is 1. The maximum atomic E-state index is 14.7. The molecule has 240 valence electrons. The number of anilines is 1. The van der Waals surface area contributed by atoms with Gasteiger partial charge in [-0.1, -0.05) is 31.5 Å². The summed E-state index contributed by atoms with van der Waals surface area (Å²) in [6.07, 6.45) is 5.67. The fraction of sp³-hybridized carbons (Fsp3) is 0.500. The first kappa shape index (κ1) is 31.5. The fourth-order valence-corrected chi connectivity index (χ4v) is 7.45. The van der Waals surface area contributed by atoms with E-state index >= 15 is 0 Å². The zero-order valence-corrected chi connectivity index (χ0v) is 26.7. The van der Waals surface area contributed by atoms with Crippen LogP contribution in [0.25, 0.3) is 0 Å². The summed E-state index contributed by atoms with van der Waals surface area (Å²) in [7, 11) is 0. The Kier molecular flexibility index (Phi) is 9.41. The minimum atomic E-state index is -1.17. The van der Waals surface area contributed by atoms with Crippen molar-refractivity contribution < 1.29 is 28.5 Å². The minimum absolute atomic E-state index is 0.181. The summed E-state index contributed by atoms with van der Waals surface area (Å²) in [5.74, 6) is 1.89. The molecule has 6 rings (SSSR count). The Hall–Kier alpha value is -3.52. The number of carboxylic acids is 1. The molecule has 0 saturated carbocycles. The number of nitrogens with zero attached hydrogens (tertiary/aromatic N) is 1. The number of halogens is 2. The van der Waals surface area contributed by atoms with Crippen molar-refractivity contribution in [2.75, 3.05) is 25.1 Å². The van der Waals surface area contributed by atoms with Crippen molar-refractivity contribution in [3.05, 3.63) is 76.1 Å². The summed E-state index contributed by atoms with van der Waals surface area (Å²) in [4.78, 5) is 17.4. The smallest absolute Gasteiger partial charge is 0.329 e. The van der Waals surface area contributed by atoms with Gasteiger partial charge in [0, 0.05) is 22.5 Å². The van der Waals surface area contributed by atoms with Crippen molar-refractivity contribution in [2.24, 2.45) is 11.8 Å². The van der Waals surface area contributed by atoms with E-state index in [0.29, 0.717) is 74.1 Å². The van der Waals surface area contributed by atoms with Crippen LogP contribution in [0.5, 0.6) is 17.2 Å². The molecule has 0 fully saturated rings. The quantitative estimate of drug-likeness (QED) is 0.257. The fourth-order valence-electron chi connectivity index (χ4n) is 7.26. The normalized spacial score (nSPS) is 25.0. The van der Waals surface area contributed by atoms with Gasteiger partial charge in [0.05, 0.1) is 12.3 Å². The van der Waals surface area contributed by atoms with Crippen molar-refractivity contribution in [1.82, 2.24) is 4.98 Å². The Bertz CT molecular complexity index is 1540. The molecule has 0 bridgehead atoms. The van der Waals surface area contributed by atoms with E-state index in [4.69, 9.17) is 25.8 Å². The summed E-state index contributed by atoms with van der Waals surface area (Å²) < 4.78 is 32.9. The van der Waals surface area contributed by atoms with Gasteiger partial charge in [0.15, 0.2) is 11.5 Å². The number of alkyl halides is 1. The summed E-state index contributed by atoms with van der Waals surface area (Å²) in [5, 5.41) is 14.6. The predicted octanol–water partition coefficient (Wildman–Crippen LogP) is 8.34. The number of aliphatic carboxylic acids is 1. The Balaban J connectivity index is 1.25. The lowest BCUT2D eigenvalue weighted by Crippen LogP contribution is -2.47. The molecule has 0 unspecified atom stereocenters. The second kappa shape index (κ2) is 13.5. The van der Waals surface area contributed by atoms with E-state index in [2.05, 4.69) is 30.2 Å². The van der Waals surface area contributed by atoms with E-state index < -0.39 is 17.7 Å². The minimum Gasteiger partial charge on any atom is -0.493 e. The first-order valence-corrected chi connectivity index (χ1v) is 16.5. The van der Waals surface area contributed by atoms with Gasteiger partial charge in [-0.3, -0.25) is 4.98 Å². The number of carboxylic acid groups (broad SMARTS) is 1. The molecule has 0 spiro atoms. The molecule has 2 heterocycles. The number of ether oxygens (including phenoxy) is 3. The molecule has 2 aromatic carbocycles.